The number of carbonyl (C=O) groups excluding carboxylic acids is 2. The molecule has 1 saturated heterocycles. The van der Waals surface area contributed by atoms with Crippen molar-refractivity contribution in [2.24, 2.45) is 0 Å². The number of hydrogen-bond donors (Lipinski definition) is 5. The summed E-state index contributed by atoms with van der Waals surface area (Å²) < 4.78 is 11.1. The van der Waals surface area contributed by atoms with Crippen LogP contribution in [-0.4, -0.2) is 96.8 Å². The predicted molar refractivity (Wildman–Crippen MR) is 117 cm³/mol. The van der Waals surface area contributed by atoms with Gasteiger partial charge in [0, 0.05) is 13.5 Å². The van der Waals surface area contributed by atoms with Gasteiger partial charge in [0.2, 0.25) is 5.91 Å². The number of ether oxygens (including phenoxy) is 2. The van der Waals surface area contributed by atoms with Crippen molar-refractivity contribution in [3.05, 3.63) is 12.7 Å². The van der Waals surface area contributed by atoms with E-state index >= 15 is 0 Å². The molecule has 2 aromatic rings. The van der Waals surface area contributed by atoms with Gasteiger partial charge in [-0.05, 0) is 27.7 Å². The van der Waals surface area contributed by atoms with E-state index in [1.54, 1.807) is 27.7 Å². The number of amides is 2. The summed E-state index contributed by atoms with van der Waals surface area (Å²) in [6.07, 6.45) is -0.440. The number of anilines is 1. The molecule has 2 amide bonds. The molecule has 0 aromatic carbocycles. The van der Waals surface area contributed by atoms with Crippen LogP contribution in [0.1, 0.15) is 34.1 Å². The fraction of sp³-hybridized carbons (Fsp3) is 0.650. The molecule has 1 aliphatic rings. The molecule has 1 aliphatic heterocycles. The maximum atomic E-state index is 12.8. The Labute approximate surface area is 190 Å². The zero-order valence-electron chi connectivity index (χ0n) is 19.3. The van der Waals surface area contributed by atoms with Crippen LogP contribution in [0, 0.1) is 0 Å². The van der Waals surface area contributed by atoms with Gasteiger partial charge in [-0.1, -0.05) is 0 Å². The molecule has 0 unspecified atom stereocenters. The van der Waals surface area contributed by atoms with Crippen LogP contribution in [0.4, 0.5) is 10.6 Å². The first kappa shape index (κ1) is 24.6. The second-order valence-corrected chi connectivity index (χ2v) is 8.93. The Hall–Kier alpha value is -3.03. The number of carbonyl (C=O) groups is 2. The molecule has 0 saturated carbocycles. The molecule has 13 heteroatoms. The van der Waals surface area contributed by atoms with Crippen LogP contribution >= 0.6 is 0 Å². The van der Waals surface area contributed by atoms with Crippen molar-refractivity contribution in [2.45, 2.75) is 70.2 Å². The summed E-state index contributed by atoms with van der Waals surface area (Å²) in [6, 6.07) is -1.52. The lowest BCUT2D eigenvalue weighted by Gasteiger charge is -2.40. The third-order valence-electron chi connectivity index (χ3n) is 5.27. The average molecular weight is 466 g/mol. The van der Waals surface area contributed by atoms with E-state index in [0.717, 1.165) is 0 Å². The van der Waals surface area contributed by atoms with Crippen LogP contribution in [0.3, 0.4) is 0 Å². The van der Waals surface area contributed by atoms with Gasteiger partial charge in [0.25, 0.3) is 0 Å². The van der Waals surface area contributed by atoms with E-state index in [0.29, 0.717) is 17.0 Å². The van der Waals surface area contributed by atoms with Crippen molar-refractivity contribution in [1.82, 2.24) is 30.2 Å². The smallest absolute Gasteiger partial charge is 0.410 e. The maximum Gasteiger partial charge on any atom is 0.410 e. The minimum Gasteiger partial charge on any atom is -0.444 e. The molecule has 0 spiro atoms. The largest absolute Gasteiger partial charge is 0.444 e. The van der Waals surface area contributed by atoms with Gasteiger partial charge < -0.3 is 35.3 Å². The number of fused-ring (bicyclic) bond motifs is 1. The third-order valence-corrected chi connectivity index (χ3v) is 5.27. The number of aromatic nitrogens is 4. The Morgan fingerprint density at radius 2 is 2.09 bits per heavy atom. The number of rotatable bonds is 6. The van der Waals surface area contributed by atoms with E-state index in [9.17, 15) is 19.8 Å². The molecule has 0 bridgehead atoms. The van der Waals surface area contributed by atoms with Crippen molar-refractivity contribution >= 4 is 29.0 Å². The number of nitrogens with zero attached hydrogens (tertiary/aromatic N) is 4. The van der Waals surface area contributed by atoms with Crippen molar-refractivity contribution in [3.8, 4) is 0 Å². The highest BCUT2D eigenvalue weighted by Crippen LogP contribution is 2.24. The Morgan fingerprint density at radius 3 is 2.76 bits per heavy atom. The van der Waals surface area contributed by atoms with Crippen molar-refractivity contribution in [3.63, 3.8) is 0 Å². The summed E-state index contributed by atoms with van der Waals surface area (Å²) in [5, 5.41) is 26.2. The van der Waals surface area contributed by atoms with Gasteiger partial charge in [0.15, 0.2) is 17.7 Å². The SMILES string of the molecule is C[C@@H](C(=O)N[C@@H]1C[C@H](O)[C@@H](Nc2ncnc3nc[nH]c23)O[C@H]1CO)N(C)C(=O)OC(C)(C)C. The Kier molecular flexibility index (Phi) is 7.34. The third kappa shape index (κ3) is 5.86. The van der Waals surface area contributed by atoms with E-state index in [1.807, 2.05) is 0 Å². The molecule has 13 nitrogen and oxygen atoms in total. The van der Waals surface area contributed by atoms with Gasteiger partial charge in [-0.25, -0.2) is 19.7 Å². The highest BCUT2D eigenvalue weighted by molar-refractivity contribution is 5.85. The van der Waals surface area contributed by atoms with E-state index in [2.05, 4.69) is 30.6 Å². The molecule has 3 rings (SSSR count). The van der Waals surface area contributed by atoms with E-state index in [-0.39, 0.29) is 6.42 Å². The van der Waals surface area contributed by atoms with Gasteiger partial charge in [0.1, 0.15) is 35.7 Å². The lowest BCUT2D eigenvalue weighted by atomic mass is 9.98. The molecule has 0 aliphatic carbocycles. The van der Waals surface area contributed by atoms with E-state index in [1.165, 1.54) is 24.6 Å². The number of hydrogen-bond acceptors (Lipinski definition) is 10. The second-order valence-electron chi connectivity index (χ2n) is 8.93. The van der Waals surface area contributed by atoms with E-state index in [4.69, 9.17) is 9.47 Å². The van der Waals surface area contributed by atoms with Gasteiger partial charge >= 0.3 is 6.09 Å². The van der Waals surface area contributed by atoms with Crippen LogP contribution < -0.4 is 10.6 Å². The number of aliphatic hydroxyl groups is 2. The van der Waals surface area contributed by atoms with Crippen LogP contribution in [-0.2, 0) is 14.3 Å². The molecule has 0 radical (unpaired) electrons. The molecule has 33 heavy (non-hydrogen) atoms. The number of likely N-dealkylation sites (N-methyl/N-ethyl adjacent to an activating group) is 1. The van der Waals surface area contributed by atoms with E-state index < -0.39 is 54.7 Å². The Balaban J connectivity index is 1.63. The highest BCUT2D eigenvalue weighted by atomic mass is 16.6. The number of aliphatic hydroxyl groups excluding tert-OH is 2. The molecular formula is C20H31N7O6. The van der Waals surface area contributed by atoms with Crippen molar-refractivity contribution < 1.29 is 29.3 Å². The average Bonchev–Trinajstić information content (AvgIpc) is 3.23. The standard InChI is InChI=1S/C20H31N7O6/c1-10(27(5)19(31)33-20(2,3)4)17(30)25-11-6-12(29)18(32-13(11)7-28)26-16-14-15(22-8-21-14)23-9-24-16/h8-13,18,28-29H,6-7H2,1-5H3,(H,25,30)(H2,21,22,23,24,26)/t10-,11+,12-,13-,18-/m0/s1. The van der Waals surface area contributed by atoms with Gasteiger partial charge in [-0.15, -0.1) is 0 Å². The molecule has 2 aromatic heterocycles. The summed E-state index contributed by atoms with van der Waals surface area (Å²) in [6.45, 7) is 6.37. The first-order valence-electron chi connectivity index (χ1n) is 10.6. The summed E-state index contributed by atoms with van der Waals surface area (Å²) >= 11 is 0. The minimum absolute atomic E-state index is 0.106. The van der Waals surface area contributed by atoms with Crippen LogP contribution in [0.25, 0.3) is 11.2 Å². The molecule has 5 N–H and O–H groups in total. The lowest BCUT2D eigenvalue weighted by molar-refractivity contribution is -0.144. The summed E-state index contributed by atoms with van der Waals surface area (Å²) in [4.78, 5) is 41.3. The lowest BCUT2D eigenvalue weighted by Crippen LogP contribution is -2.60. The van der Waals surface area contributed by atoms with Crippen LogP contribution in [0.2, 0.25) is 0 Å². The monoisotopic (exact) mass is 465 g/mol. The number of aromatic amines is 1. The molecule has 5 atom stereocenters. The summed E-state index contributed by atoms with van der Waals surface area (Å²) in [7, 11) is 1.46. The zero-order chi connectivity index (χ0) is 24.3. The topological polar surface area (TPSA) is 175 Å². The predicted octanol–water partition coefficient (Wildman–Crippen LogP) is -0.0268. The van der Waals surface area contributed by atoms with Gasteiger partial charge in [-0.2, -0.15) is 0 Å². The minimum atomic E-state index is -1.02. The van der Waals surface area contributed by atoms with Crippen molar-refractivity contribution in [2.75, 3.05) is 19.0 Å². The normalized spacial score (nSPS) is 24.2. The quantitative estimate of drug-likeness (QED) is 0.390. The second kappa shape index (κ2) is 9.85. The molecule has 1 fully saturated rings. The summed E-state index contributed by atoms with van der Waals surface area (Å²) in [5.74, 6) is -0.0858. The fourth-order valence-corrected chi connectivity index (χ4v) is 3.34. The number of nitrogens with one attached hydrogen (secondary N) is 3. The van der Waals surface area contributed by atoms with Gasteiger partial charge in [0.05, 0.1) is 19.0 Å². The highest BCUT2D eigenvalue weighted by Gasteiger charge is 2.39. The summed E-state index contributed by atoms with van der Waals surface area (Å²) in [5.41, 5.74) is 0.297. The molecule has 3 heterocycles. The molecule has 182 valence electrons. The molecular weight excluding hydrogens is 434 g/mol. The van der Waals surface area contributed by atoms with Crippen LogP contribution in [0.5, 0.6) is 0 Å². The number of imidazole rings is 1. The fourth-order valence-electron chi connectivity index (χ4n) is 3.34. The first-order chi connectivity index (χ1) is 15.5. The first-order valence-corrected chi connectivity index (χ1v) is 10.6. The maximum absolute atomic E-state index is 12.8. The number of H-pyrrole nitrogens is 1. The van der Waals surface area contributed by atoms with Gasteiger partial charge in [-0.3, -0.25) is 9.69 Å². The van der Waals surface area contributed by atoms with Crippen LogP contribution in [0.15, 0.2) is 12.7 Å². The van der Waals surface area contributed by atoms with Crippen molar-refractivity contribution in [1.29, 1.82) is 0 Å². The zero-order valence-corrected chi connectivity index (χ0v) is 19.3. The Morgan fingerprint density at radius 1 is 1.36 bits per heavy atom. The Bertz CT molecular complexity index is 977.